The molecule has 2 aromatic carbocycles. The van der Waals surface area contributed by atoms with Crippen molar-refractivity contribution in [2.24, 2.45) is 0 Å². The molecule has 0 saturated heterocycles. The maximum atomic E-state index is 14.3. The molecule has 0 spiro atoms. The smallest absolute Gasteiger partial charge is 0.338 e. The lowest BCUT2D eigenvalue weighted by atomic mass is 10.0. The Hall–Kier alpha value is -3.66. The number of rotatable bonds is 4. The third kappa shape index (κ3) is 3.23. The van der Waals surface area contributed by atoms with Gasteiger partial charge in [-0.25, -0.2) is 14.2 Å². The zero-order valence-electron chi connectivity index (χ0n) is 15.7. The van der Waals surface area contributed by atoms with E-state index >= 15 is 0 Å². The highest BCUT2D eigenvalue weighted by molar-refractivity contribution is 5.88. The second-order valence-corrected chi connectivity index (χ2v) is 7.08. The molecule has 0 bridgehead atoms. The van der Waals surface area contributed by atoms with Gasteiger partial charge in [-0.15, -0.1) is 6.42 Å². The predicted molar refractivity (Wildman–Crippen MR) is 108 cm³/mol. The fraction of sp³-hybridized carbons (Fsp3) is 0.227. The first-order valence-electron chi connectivity index (χ1n) is 9.15. The van der Waals surface area contributed by atoms with Gasteiger partial charge >= 0.3 is 5.97 Å². The van der Waals surface area contributed by atoms with Crippen molar-refractivity contribution in [1.29, 1.82) is 0 Å². The summed E-state index contributed by atoms with van der Waals surface area (Å²) in [6.07, 6.45) is 7.08. The van der Waals surface area contributed by atoms with E-state index in [1.54, 1.807) is 13.0 Å². The summed E-state index contributed by atoms with van der Waals surface area (Å²) in [6, 6.07) is 7.59. The summed E-state index contributed by atoms with van der Waals surface area (Å²) in [5.41, 5.74) is 2.57. The standard InChI is InChI=1S/C22H18FN3O3/c1-3-8-26(14-5-6-15(22(28)29)18(23)10-14)20-7-4-13-9-19-17(11-16(13)20)21(27)25-12(2)24-19/h1,5-6,9-11,20H,4,7-8H2,2H3,(H,28,29)(H,24,25,27). The van der Waals surface area contributed by atoms with E-state index in [1.807, 2.05) is 17.0 Å². The molecule has 7 heteroatoms. The van der Waals surface area contributed by atoms with Crippen LogP contribution in [0.2, 0.25) is 0 Å². The van der Waals surface area contributed by atoms with Gasteiger partial charge in [0.25, 0.3) is 5.56 Å². The van der Waals surface area contributed by atoms with Crippen LogP contribution >= 0.6 is 0 Å². The number of aromatic nitrogens is 2. The molecule has 1 unspecified atom stereocenters. The molecule has 1 atom stereocenters. The lowest BCUT2D eigenvalue weighted by molar-refractivity contribution is 0.0692. The normalized spacial score (nSPS) is 15.1. The number of anilines is 1. The molecular weight excluding hydrogens is 373 g/mol. The Bertz CT molecular complexity index is 1240. The Kier molecular flexibility index (Phi) is 4.55. The number of hydrogen-bond donors (Lipinski definition) is 2. The van der Waals surface area contributed by atoms with Crippen LogP contribution in [0.5, 0.6) is 0 Å². The summed E-state index contributed by atoms with van der Waals surface area (Å²) in [6.45, 7) is 1.96. The van der Waals surface area contributed by atoms with Crippen molar-refractivity contribution in [2.45, 2.75) is 25.8 Å². The van der Waals surface area contributed by atoms with Gasteiger partial charge in [-0.2, -0.15) is 0 Å². The first-order valence-corrected chi connectivity index (χ1v) is 9.15. The van der Waals surface area contributed by atoms with Crippen molar-refractivity contribution in [3.8, 4) is 12.3 Å². The van der Waals surface area contributed by atoms with Crippen LogP contribution in [-0.2, 0) is 6.42 Å². The van der Waals surface area contributed by atoms with Crippen LogP contribution in [0.1, 0.15) is 39.8 Å². The lowest BCUT2D eigenvalue weighted by Crippen LogP contribution is -2.28. The van der Waals surface area contributed by atoms with Crippen LogP contribution in [0.3, 0.4) is 0 Å². The number of carboxylic acids is 1. The summed E-state index contributed by atoms with van der Waals surface area (Å²) in [4.78, 5) is 32.5. The minimum atomic E-state index is -1.32. The van der Waals surface area contributed by atoms with Gasteiger partial charge in [0.1, 0.15) is 11.6 Å². The molecule has 0 aliphatic heterocycles. The van der Waals surface area contributed by atoms with E-state index in [1.165, 1.54) is 12.1 Å². The van der Waals surface area contributed by atoms with E-state index in [0.29, 0.717) is 22.4 Å². The Morgan fingerprint density at radius 2 is 2.21 bits per heavy atom. The summed E-state index contributed by atoms with van der Waals surface area (Å²) in [5.74, 6) is 1.01. The minimum Gasteiger partial charge on any atom is -0.478 e. The quantitative estimate of drug-likeness (QED) is 0.667. The zero-order chi connectivity index (χ0) is 20.7. The monoisotopic (exact) mass is 391 g/mol. The third-order valence-electron chi connectivity index (χ3n) is 5.28. The van der Waals surface area contributed by atoms with Crippen molar-refractivity contribution < 1.29 is 14.3 Å². The number of aryl methyl sites for hydroxylation is 2. The molecule has 0 saturated carbocycles. The van der Waals surface area contributed by atoms with Gasteiger partial charge < -0.3 is 15.0 Å². The first kappa shape index (κ1) is 18.7. The molecule has 1 heterocycles. The van der Waals surface area contributed by atoms with Gasteiger partial charge in [0.15, 0.2) is 0 Å². The number of carboxylic acid groups (broad SMARTS) is 1. The van der Waals surface area contributed by atoms with Gasteiger partial charge in [-0.1, -0.05) is 5.92 Å². The average molecular weight is 391 g/mol. The fourth-order valence-corrected chi connectivity index (χ4v) is 4.00. The van der Waals surface area contributed by atoms with E-state index < -0.39 is 11.8 Å². The Morgan fingerprint density at radius 1 is 1.41 bits per heavy atom. The molecule has 1 aliphatic rings. The molecule has 6 nitrogen and oxygen atoms in total. The van der Waals surface area contributed by atoms with Crippen LogP contribution < -0.4 is 10.5 Å². The molecule has 1 aromatic heterocycles. The molecule has 2 N–H and O–H groups in total. The highest BCUT2D eigenvalue weighted by Crippen LogP contribution is 2.39. The molecular formula is C22H18FN3O3. The first-order chi connectivity index (χ1) is 13.9. The molecule has 146 valence electrons. The van der Waals surface area contributed by atoms with Gasteiger partial charge in [0.05, 0.1) is 29.1 Å². The van der Waals surface area contributed by atoms with Crippen LogP contribution in [0.4, 0.5) is 10.1 Å². The Balaban J connectivity index is 1.81. The second kappa shape index (κ2) is 7.06. The van der Waals surface area contributed by atoms with Gasteiger partial charge in [0, 0.05) is 5.69 Å². The SMILES string of the molecule is C#CCN(c1ccc(C(=O)O)c(F)c1)C1CCc2cc3nc(C)[nH]c(=O)c3cc21. The van der Waals surface area contributed by atoms with Gasteiger partial charge in [-0.3, -0.25) is 4.79 Å². The molecule has 4 rings (SSSR count). The van der Waals surface area contributed by atoms with Crippen LogP contribution in [0.25, 0.3) is 10.9 Å². The highest BCUT2D eigenvalue weighted by Gasteiger charge is 2.29. The zero-order valence-corrected chi connectivity index (χ0v) is 15.7. The number of halogens is 1. The number of fused-ring (bicyclic) bond motifs is 2. The number of benzene rings is 2. The largest absolute Gasteiger partial charge is 0.478 e. The van der Waals surface area contributed by atoms with E-state index in [-0.39, 0.29) is 23.7 Å². The molecule has 0 amide bonds. The Morgan fingerprint density at radius 3 is 2.90 bits per heavy atom. The van der Waals surface area contributed by atoms with Crippen molar-refractivity contribution in [3.05, 3.63) is 69.0 Å². The van der Waals surface area contributed by atoms with Crippen molar-refractivity contribution in [3.63, 3.8) is 0 Å². The third-order valence-corrected chi connectivity index (χ3v) is 5.28. The molecule has 0 fully saturated rings. The van der Waals surface area contributed by atoms with E-state index in [2.05, 4.69) is 15.9 Å². The van der Waals surface area contributed by atoms with Gasteiger partial charge in [-0.05, 0) is 61.2 Å². The van der Waals surface area contributed by atoms with Gasteiger partial charge in [0.2, 0.25) is 0 Å². The fourth-order valence-electron chi connectivity index (χ4n) is 4.00. The maximum Gasteiger partial charge on any atom is 0.338 e. The number of terminal acetylenes is 1. The Labute approximate surface area is 166 Å². The minimum absolute atomic E-state index is 0.152. The molecule has 3 aromatic rings. The summed E-state index contributed by atoms with van der Waals surface area (Å²) in [7, 11) is 0. The lowest BCUT2D eigenvalue weighted by Gasteiger charge is -2.30. The molecule has 29 heavy (non-hydrogen) atoms. The molecule has 1 aliphatic carbocycles. The van der Waals surface area contributed by atoms with E-state index in [4.69, 9.17) is 11.5 Å². The van der Waals surface area contributed by atoms with Crippen molar-refractivity contribution in [2.75, 3.05) is 11.4 Å². The average Bonchev–Trinajstić information content (AvgIpc) is 3.06. The predicted octanol–water partition coefficient (Wildman–Crippen LogP) is 3.20. The number of aromatic carboxylic acids is 1. The van der Waals surface area contributed by atoms with Crippen LogP contribution in [0.15, 0.2) is 35.1 Å². The number of nitrogens with zero attached hydrogens (tertiary/aromatic N) is 2. The molecule has 0 radical (unpaired) electrons. The summed E-state index contributed by atoms with van der Waals surface area (Å²) in [5, 5.41) is 9.56. The summed E-state index contributed by atoms with van der Waals surface area (Å²) >= 11 is 0. The van der Waals surface area contributed by atoms with Crippen LogP contribution in [0, 0.1) is 25.1 Å². The number of nitrogens with one attached hydrogen (secondary N) is 1. The number of hydrogen-bond acceptors (Lipinski definition) is 4. The highest BCUT2D eigenvalue weighted by atomic mass is 19.1. The number of H-pyrrole nitrogens is 1. The number of aromatic amines is 1. The topological polar surface area (TPSA) is 86.3 Å². The van der Waals surface area contributed by atoms with Crippen molar-refractivity contribution >= 4 is 22.6 Å². The summed E-state index contributed by atoms with van der Waals surface area (Å²) < 4.78 is 14.3. The van der Waals surface area contributed by atoms with E-state index in [0.717, 1.165) is 24.0 Å². The second-order valence-electron chi connectivity index (χ2n) is 7.08. The number of carbonyl (C=O) groups is 1. The van der Waals surface area contributed by atoms with Crippen molar-refractivity contribution in [1.82, 2.24) is 9.97 Å². The van der Waals surface area contributed by atoms with Crippen LogP contribution in [-0.4, -0.2) is 27.6 Å². The van der Waals surface area contributed by atoms with E-state index in [9.17, 15) is 14.0 Å². The maximum absolute atomic E-state index is 14.3.